The smallest absolute Gasteiger partial charge is 0.0352 e. The van der Waals surface area contributed by atoms with Crippen molar-refractivity contribution in [3.05, 3.63) is 0 Å². The quantitative estimate of drug-likeness (QED) is 0.613. The highest BCUT2D eigenvalue weighted by Crippen LogP contribution is 2.50. The van der Waals surface area contributed by atoms with E-state index in [-0.39, 0.29) is 0 Å². The normalized spacial score (nSPS) is 39.9. The molecule has 0 heteroatoms. The number of hydrogen-bond donors (Lipinski definition) is 0. The van der Waals surface area contributed by atoms with Crippen molar-refractivity contribution in [2.75, 3.05) is 0 Å². The average Bonchev–Trinajstić information content (AvgIpc) is 2.34. The molecule has 16 heavy (non-hydrogen) atoms. The van der Waals surface area contributed by atoms with Crippen LogP contribution in [0.5, 0.6) is 0 Å². The van der Waals surface area contributed by atoms with Crippen LogP contribution in [0.2, 0.25) is 0 Å². The molecule has 0 radical (unpaired) electrons. The summed E-state index contributed by atoms with van der Waals surface area (Å²) in [5.74, 6) is 6.47. The van der Waals surface area contributed by atoms with Gasteiger partial charge in [-0.25, -0.2) is 0 Å². The van der Waals surface area contributed by atoms with Crippen molar-refractivity contribution >= 4 is 0 Å². The predicted molar refractivity (Wildman–Crippen MR) is 73.4 cm³/mol. The third-order valence-electron chi connectivity index (χ3n) is 5.05. The fraction of sp³-hybridized carbons (Fsp3) is 1.00. The lowest BCUT2D eigenvalue weighted by molar-refractivity contribution is 0.220. The molecule has 1 rings (SSSR count). The van der Waals surface area contributed by atoms with Gasteiger partial charge in [-0.3, -0.25) is 0 Å². The van der Waals surface area contributed by atoms with E-state index in [2.05, 4.69) is 48.5 Å². The van der Waals surface area contributed by atoms with Gasteiger partial charge in [-0.1, -0.05) is 48.5 Å². The Labute approximate surface area is 103 Å². The minimum absolute atomic E-state index is 0.861. The van der Waals surface area contributed by atoms with Gasteiger partial charge in [0.2, 0.25) is 0 Å². The summed E-state index contributed by atoms with van der Waals surface area (Å²) in [7, 11) is 0. The van der Waals surface area contributed by atoms with Crippen LogP contribution in [-0.4, -0.2) is 0 Å². The minimum Gasteiger partial charge on any atom is -0.0628 e. The molecule has 4 atom stereocenters. The summed E-state index contributed by atoms with van der Waals surface area (Å²) in [6.07, 6.45) is 2.88. The molecule has 0 saturated heterocycles. The Morgan fingerprint density at radius 3 is 1.19 bits per heavy atom. The fourth-order valence-electron chi connectivity index (χ4n) is 3.91. The summed E-state index contributed by atoms with van der Waals surface area (Å²) in [6.45, 7) is 17.0. The van der Waals surface area contributed by atoms with E-state index in [0.29, 0.717) is 0 Å². The third kappa shape index (κ3) is 3.02. The molecule has 1 aliphatic carbocycles. The molecule has 0 aliphatic heterocycles. The summed E-state index contributed by atoms with van der Waals surface area (Å²) in [4.78, 5) is 0. The molecule has 4 unspecified atom stereocenters. The fourth-order valence-corrected chi connectivity index (χ4v) is 3.91. The van der Waals surface area contributed by atoms with Gasteiger partial charge in [-0.15, -0.1) is 0 Å². The van der Waals surface area contributed by atoms with E-state index < -0.39 is 0 Å². The summed E-state index contributed by atoms with van der Waals surface area (Å²) in [5.41, 5.74) is 0. The maximum atomic E-state index is 2.49. The molecule has 0 spiro atoms. The van der Waals surface area contributed by atoms with Crippen molar-refractivity contribution in [3.8, 4) is 0 Å². The first kappa shape index (κ1) is 14.1. The molecule has 1 aliphatic rings. The van der Waals surface area contributed by atoms with Gasteiger partial charge in [0.15, 0.2) is 0 Å². The van der Waals surface area contributed by atoms with Gasteiger partial charge in [-0.05, 0) is 54.3 Å². The molecule has 0 heterocycles. The first-order chi connectivity index (χ1) is 7.34. The molecule has 96 valence electrons. The second-order valence-electron chi connectivity index (χ2n) is 7.16. The highest BCUT2D eigenvalue weighted by molar-refractivity contribution is 4.92. The maximum absolute atomic E-state index is 2.49. The van der Waals surface area contributed by atoms with Crippen LogP contribution in [0.25, 0.3) is 0 Å². The Morgan fingerprint density at radius 1 is 0.625 bits per heavy atom. The molecule has 0 amide bonds. The van der Waals surface area contributed by atoms with E-state index in [1.807, 2.05) is 0 Å². The molecule has 0 N–H and O–H groups in total. The summed E-state index contributed by atoms with van der Waals surface area (Å²) >= 11 is 0. The second-order valence-corrected chi connectivity index (χ2v) is 7.16. The van der Waals surface area contributed by atoms with Crippen LogP contribution < -0.4 is 0 Å². The van der Waals surface area contributed by atoms with Gasteiger partial charge in [0.25, 0.3) is 0 Å². The van der Waals surface area contributed by atoms with Crippen LogP contribution in [0, 0.1) is 41.4 Å². The summed E-state index contributed by atoms with van der Waals surface area (Å²) < 4.78 is 0. The second kappa shape index (κ2) is 5.56. The van der Waals surface area contributed by atoms with Gasteiger partial charge >= 0.3 is 0 Å². The van der Waals surface area contributed by atoms with Crippen LogP contribution in [0.1, 0.15) is 61.3 Å². The van der Waals surface area contributed by atoms with Crippen molar-refractivity contribution in [2.45, 2.75) is 61.3 Å². The minimum atomic E-state index is 0.861. The lowest BCUT2D eigenvalue weighted by atomic mass is 9.78. The van der Waals surface area contributed by atoms with E-state index in [9.17, 15) is 0 Å². The number of rotatable bonds is 4. The zero-order valence-corrected chi connectivity index (χ0v) is 12.5. The molecular weight excluding hydrogens is 192 g/mol. The Morgan fingerprint density at radius 2 is 0.938 bits per heavy atom. The molecule has 0 bridgehead atoms. The van der Waals surface area contributed by atoms with Crippen LogP contribution in [0.4, 0.5) is 0 Å². The van der Waals surface area contributed by atoms with Gasteiger partial charge in [0.1, 0.15) is 0 Å². The first-order valence-electron chi connectivity index (χ1n) is 7.34. The van der Waals surface area contributed by atoms with Crippen molar-refractivity contribution in [1.29, 1.82) is 0 Å². The van der Waals surface area contributed by atoms with E-state index >= 15 is 0 Å². The first-order valence-corrected chi connectivity index (χ1v) is 7.34. The van der Waals surface area contributed by atoms with Crippen molar-refractivity contribution < 1.29 is 0 Å². The van der Waals surface area contributed by atoms with Crippen LogP contribution >= 0.6 is 0 Å². The topological polar surface area (TPSA) is 0 Å². The van der Waals surface area contributed by atoms with E-state index in [0.717, 1.165) is 41.4 Å². The molecular formula is C16H32. The number of hydrogen-bond acceptors (Lipinski definition) is 0. The highest BCUT2D eigenvalue weighted by atomic mass is 14.5. The monoisotopic (exact) mass is 224 g/mol. The lowest BCUT2D eigenvalue weighted by Crippen LogP contribution is -2.19. The standard InChI is InChI=1S/C16H32/c1-10(2)8-15-13(6)12(5)14(7)16(15)9-11(3)4/h10-16H,8-9H2,1-7H3. The zero-order valence-electron chi connectivity index (χ0n) is 12.5. The molecule has 0 aromatic carbocycles. The van der Waals surface area contributed by atoms with E-state index in [4.69, 9.17) is 0 Å². The lowest BCUT2D eigenvalue weighted by Gasteiger charge is -2.27. The molecule has 1 fully saturated rings. The van der Waals surface area contributed by atoms with Gasteiger partial charge in [0.05, 0.1) is 0 Å². The van der Waals surface area contributed by atoms with Crippen LogP contribution in [0.15, 0.2) is 0 Å². The molecule has 0 nitrogen and oxygen atoms in total. The largest absolute Gasteiger partial charge is 0.0628 e. The van der Waals surface area contributed by atoms with Gasteiger partial charge in [-0.2, -0.15) is 0 Å². The molecule has 1 saturated carbocycles. The SMILES string of the molecule is CC(C)CC1C(C)C(C)C(C)C1CC(C)C. The Kier molecular flexibility index (Phi) is 4.88. The van der Waals surface area contributed by atoms with Crippen LogP contribution in [-0.2, 0) is 0 Å². The predicted octanol–water partition coefficient (Wildman–Crippen LogP) is 5.23. The average molecular weight is 224 g/mol. The van der Waals surface area contributed by atoms with Crippen molar-refractivity contribution in [2.24, 2.45) is 41.4 Å². The van der Waals surface area contributed by atoms with Crippen molar-refractivity contribution in [3.63, 3.8) is 0 Å². The van der Waals surface area contributed by atoms with E-state index in [1.165, 1.54) is 12.8 Å². The highest BCUT2D eigenvalue weighted by Gasteiger charge is 2.43. The Balaban J connectivity index is 2.75. The molecule has 0 aromatic heterocycles. The third-order valence-corrected chi connectivity index (χ3v) is 5.05. The maximum Gasteiger partial charge on any atom is -0.0352 e. The summed E-state index contributed by atoms with van der Waals surface area (Å²) in [5, 5.41) is 0. The zero-order chi connectivity index (χ0) is 12.5. The Bertz CT molecular complexity index is 182. The summed E-state index contributed by atoms with van der Waals surface area (Å²) in [6, 6.07) is 0. The molecule has 0 aromatic rings. The van der Waals surface area contributed by atoms with E-state index in [1.54, 1.807) is 0 Å². The van der Waals surface area contributed by atoms with Gasteiger partial charge < -0.3 is 0 Å². The van der Waals surface area contributed by atoms with Gasteiger partial charge in [0, 0.05) is 0 Å². The van der Waals surface area contributed by atoms with Crippen molar-refractivity contribution in [1.82, 2.24) is 0 Å². The Hall–Kier alpha value is 0. The van der Waals surface area contributed by atoms with Crippen LogP contribution in [0.3, 0.4) is 0 Å².